The van der Waals surface area contributed by atoms with E-state index in [1.807, 2.05) is 0 Å². The van der Waals surface area contributed by atoms with E-state index >= 15 is 0 Å². The van der Waals surface area contributed by atoms with Crippen LogP contribution in [0.4, 0.5) is 9.52 Å². The van der Waals surface area contributed by atoms with Crippen LogP contribution in [0.2, 0.25) is 0 Å². The average molecular weight is 491 g/mol. The Morgan fingerprint density at radius 1 is 1.03 bits per heavy atom. The molecule has 7 nitrogen and oxygen atoms in total. The van der Waals surface area contributed by atoms with Gasteiger partial charge in [-0.1, -0.05) is 29.5 Å². The van der Waals surface area contributed by atoms with E-state index in [-0.39, 0.29) is 16.5 Å². The predicted molar refractivity (Wildman–Crippen MR) is 130 cm³/mol. The van der Waals surface area contributed by atoms with Crippen LogP contribution in [0.15, 0.2) is 72.3 Å². The summed E-state index contributed by atoms with van der Waals surface area (Å²) in [6.45, 7) is 0. The topological polar surface area (TPSA) is 89.0 Å². The van der Waals surface area contributed by atoms with Crippen LogP contribution >= 0.6 is 11.3 Å². The van der Waals surface area contributed by atoms with E-state index in [1.165, 1.54) is 37.3 Å². The molecule has 0 aliphatic carbocycles. The lowest BCUT2D eigenvalue weighted by Gasteiger charge is -2.24. The first-order valence-electron chi connectivity index (χ1n) is 10.6. The van der Waals surface area contributed by atoms with Gasteiger partial charge in [0.25, 0.3) is 5.78 Å². The Morgan fingerprint density at radius 2 is 1.77 bits per heavy atom. The second-order valence-corrected chi connectivity index (χ2v) is 8.76. The van der Waals surface area contributed by atoms with Gasteiger partial charge in [-0.2, -0.15) is 0 Å². The van der Waals surface area contributed by atoms with E-state index in [4.69, 9.17) is 9.47 Å². The van der Waals surface area contributed by atoms with Crippen LogP contribution in [0.3, 0.4) is 0 Å². The number of aromatic nitrogens is 1. The van der Waals surface area contributed by atoms with Crippen LogP contribution in [0.25, 0.3) is 16.0 Å². The number of ketones is 1. The van der Waals surface area contributed by atoms with Crippen LogP contribution in [0, 0.1) is 5.82 Å². The fourth-order valence-corrected chi connectivity index (χ4v) is 5.13. The first kappa shape index (κ1) is 22.5. The largest absolute Gasteiger partial charge is 0.507 e. The first-order valence-corrected chi connectivity index (χ1v) is 11.4. The third kappa shape index (κ3) is 3.79. The lowest BCUT2D eigenvalue weighted by Crippen LogP contribution is -2.29. The minimum absolute atomic E-state index is 0.102. The van der Waals surface area contributed by atoms with E-state index in [9.17, 15) is 19.1 Å². The molecule has 0 saturated carbocycles. The van der Waals surface area contributed by atoms with Crippen molar-refractivity contribution < 1.29 is 28.6 Å². The number of ether oxygens (including phenoxy) is 2. The summed E-state index contributed by atoms with van der Waals surface area (Å²) in [5.41, 5.74) is 1.22. The first-order chi connectivity index (χ1) is 16.9. The highest BCUT2D eigenvalue weighted by atomic mass is 32.1. The van der Waals surface area contributed by atoms with Gasteiger partial charge in [-0.3, -0.25) is 14.5 Å². The highest BCUT2D eigenvalue weighted by molar-refractivity contribution is 7.22. The zero-order chi connectivity index (χ0) is 24.7. The van der Waals surface area contributed by atoms with Gasteiger partial charge in [0.2, 0.25) is 0 Å². The maximum Gasteiger partial charge on any atom is 0.301 e. The number of hydrogen-bond donors (Lipinski definition) is 1. The van der Waals surface area contributed by atoms with Crippen LogP contribution in [0.5, 0.6) is 11.5 Å². The van der Waals surface area contributed by atoms with Crippen molar-refractivity contribution in [2.45, 2.75) is 6.04 Å². The van der Waals surface area contributed by atoms with Crippen molar-refractivity contribution in [1.29, 1.82) is 0 Å². The Bertz CT molecular complexity index is 1500. The number of Topliss-reactive ketones (excluding diaryl/α,β-unsaturated/α-hetero) is 1. The Hall–Kier alpha value is -4.24. The number of fused-ring (bicyclic) bond motifs is 1. The Labute approximate surface area is 203 Å². The molecule has 1 fully saturated rings. The number of aliphatic hydroxyl groups is 1. The number of amides is 1. The predicted octanol–water partition coefficient (Wildman–Crippen LogP) is 5.08. The third-order valence-corrected chi connectivity index (χ3v) is 6.80. The normalized spacial score (nSPS) is 17.2. The molecule has 1 atom stereocenters. The van der Waals surface area contributed by atoms with Crippen molar-refractivity contribution in [3.63, 3.8) is 0 Å². The van der Waals surface area contributed by atoms with E-state index in [2.05, 4.69) is 4.98 Å². The zero-order valence-corrected chi connectivity index (χ0v) is 19.5. The molecule has 1 N–H and O–H groups in total. The van der Waals surface area contributed by atoms with Crippen molar-refractivity contribution in [1.82, 2.24) is 4.98 Å². The number of nitrogens with zero attached hydrogens (tertiary/aromatic N) is 2. The number of carbonyl (C=O) groups is 2. The van der Waals surface area contributed by atoms with Crippen LogP contribution in [-0.4, -0.2) is 36.0 Å². The minimum Gasteiger partial charge on any atom is -0.507 e. The molecule has 4 aromatic rings. The number of thiazole rings is 1. The molecule has 35 heavy (non-hydrogen) atoms. The molecular formula is C26H19FN2O5S. The number of hydrogen-bond acceptors (Lipinski definition) is 7. The van der Waals surface area contributed by atoms with Gasteiger partial charge < -0.3 is 14.6 Å². The molecule has 1 saturated heterocycles. The summed E-state index contributed by atoms with van der Waals surface area (Å²) in [6, 6.07) is 16.5. The number of benzene rings is 3. The lowest BCUT2D eigenvalue weighted by molar-refractivity contribution is -0.132. The maximum atomic E-state index is 13.8. The van der Waals surface area contributed by atoms with Gasteiger partial charge >= 0.3 is 5.91 Å². The molecule has 1 aliphatic heterocycles. The minimum atomic E-state index is -1.02. The van der Waals surface area contributed by atoms with Gasteiger partial charge in [0.1, 0.15) is 29.1 Å². The molecule has 1 amide bonds. The lowest BCUT2D eigenvalue weighted by atomic mass is 9.94. The van der Waals surface area contributed by atoms with Gasteiger partial charge in [0, 0.05) is 11.1 Å². The van der Waals surface area contributed by atoms with Gasteiger partial charge in [-0.05, 0) is 48.5 Å². The van der Waals surface area contributed by atoms with E-state index in [0.717, 1.165) is 11.3 Å². The Morgan fingerprint density at radius 3 is 2.49 bits per heavy atom. The Balaban J connectivity index is 1.74. The molecule has 1 aromatic heterocycles. The number of methoxy groups -OCH3 is 2. The van der Waals surface area contributed by atoms with Crippen molar-refractivity contribution in [2.75, 3.05) is 19.1 Å². The summed E-state index contributed by atoms with van der Waals surface area (Å²) in [5.74, 6) is -1.48. The van der Waals surface area contributed by atoms with Gasteiger partial charge in [0.05, 0.1) is 30.0 Å². The number of rotatable bonds is 5. The fraction of sp³-hybridized carbons (Fsp3) is 0.115. The molecule has 176 valence electrons. The van der Waals surface area contributed by atoms with E-state index in [0.29, 0.717) is 32.8 Å². The van der Waals surface area contributed by atoms with E-state index in [1.54, 1.807) is 48.5 Å². The standard InChI is InChI=1S/C26H19FN2O5S/c1-33-16-10-7-14(8-11-16)23(30)21-22(17-5-3-4-6-19(17)34-2)29(25(32)24(21)31)26-28-18-12-9-15(27)13-20(18)35-26/h3-13,22,30H,1-2H3/b23-21+/t22-/m0/s1. The highest BCUT2D eigenvalue weighted by Crippen LogP contribution is 2.46. The molecule has 2 heterocycles. The molecule has 1 aliphatic rings. The summed E-state index contributed by atoms with van der Waals surface area (Å²) < 4.78 is 25.0. The average Bonchev–Trinajstić information content (AvgIpc) is 3.41. The summed E-state index contributed by atoms with van der Waals surface area (Å²) in [4.78, 5) is 32.4. The SMILES string of the molecule is COc1ccc(/C(O)=C2\C(=O)C(=O)N(c3nc4ccc(F)cc4s3)[C@H]2c2ccccc2OC)cc1. The smallest absolute Gasteiger partial charge is 0.301 e. The molecular weight excluding hydrogens is 471 g/mol. The summed E-state index contributed by atoms with van der Waals surface area (Å²) in [5, 5.41) is 11.4. The number of aliphatic hydroxyl groups excluding tert-OH is 1. The van der Waals surface area contributed by atoms with Crippen molar-refractivity contribution in [2.24, 2.45) is 0 Å². The monoisotopic (exact) mass is 490 g/mol. The highest BCUT2D eigenvalue weighted by Gasteiger charge is 2.49. The van der Waals surface area contributed by atoms with Crippen molar-refractivity contribution in [3.8, 4) is 11.5 Å². The van der Waals surface area contributed by atoms with Gasteiger partial charge in [-0.15, -0.1) is 0 Å². The quantitative estimate of drug-likeness (QED) is 0.239. The fourth-order valence-electron chi connectivity index (χ4n) is 4.11. The summed E-state index contributed by atoms with van der Waals surface area (Å²) in [6.07, 6.45) is 0. The maximum absolute atomic E-state index is 13.8. The second-order valence-electron chi connectivity index (χ2n) is 7.75. The van der Waals surface area contributed by atoms with Gasteiger partial charge in [-0.25, -0.2) is 9.37 Å². The van der Waals surface area contributed by atoms with Crippen LogP contribution in [0.1, 0.15) is 17.2 Å². The second kappa shape index (κ2) is 8.84. The zero-order valence-electron chi connectivity index (χ0n) is 18.7. The molecule has 0 spiro atoms. The summed E-state index contributed by atoms with van der Waals surface area (Å²) >= 11 is 1.08. The van der Waals surface area contributed by atoms with Crippen LogP contribution in [-0.2, 0) is 9.59 Å². The Kier molecular flexibility index (Phi) is 5.70. The molecule has 0 unspecified atom stereocenters. The summed E-state index contributed by atoms with van der Waals surface area (Å²) in [7, 11) is 3.00. The number of carbonyl (C=O) groups excluding carboxylic acids is 2. The molecule has 0 radical (unpaired) electrons. The van der Waals surface area contributed by atoms with Crippen molar-refractivity contribution >= 4 is 44.1 Å². The molecule has 3 aromatic carbocycles. The number of anilines is 1. The molecule has 9 heteroatoms. The molecule has 0 bridgehead atoms. The number of para-hydroxylation sites is 1. The van der Waals surface area contributed by atoms with Crippen LogP contribution < -0.4 is 14.4 Å². The third-order valence-electron chi connectivity index (χ3n) is 5.79. The molecule has 5 rings (SSSR count). The van der Waals surface area contributed by atoms with Crippen molar-refractivity contribution in [3.05, 3.63) is 89.2 Å². The number of halogens is 1. The van der Waals surface area contributed by atoms with E-state index < -0.39 is 23.5 Å². The van der Waals surface area contributed by atoms with Gasteiger partial charge in [0.15, 0.2) is 5.13 Å².